The van der Waals surface area contributed by atoms with Crippen LogP contribution >= 0.6 is 23.4 Å². The van der Waals surface area contributed by atoms with Gasteiger partial charge < -0.3 is 10.1 Å². The van der Waals surface area contributed by atoms with E-state index in [0.717, 1.165) is 11.3 Å². The summed E-state index contributed by atoms with van der Waals surface area (Å²) in [7, 11) is 0. The van der Waals surface area contributed by atoms with E-state index in [1.807, 2.05) is 24.8 Å². The number of amides is 1. The highest BCUT2D eigenvalue weighted by Crippen LogP contribution is 2.23. The van der Waals surface area contributed by atoms with E-state index >= 15 is 0 Å². The molecule has 0 bridgehead atoms. The minimum Gasteiger partial charge on any atom is -0.481 e. The van der Waals surface area contributed by atoms with Crippen LogP contribution in [0.25, 0.3) is 0 Å². The van der Waals surface area contributed by atoms with E-state index in [4.69, 9.17) is 16.3 Å². The largest absolute Gasteiger partial charge is 0.481 e. The molecule has 1 N–H and O–H groups in total. The molecule has 1 aromatic carbocycles. The Morgan fingerprint density at radius 3 is 2.67 bits per heavy atom. The molecule has 0 unspecified atom stereocenters. The zero-order valence-corrected chi connectivity index (χ0v) is 14.9. The smallest absolute Gasteiger partial charge is 0.260 e. The number of aryl methyl sites for hydroxylation is 1. The normalized spacial score (nSPS) is 12.9. The van der Waals surface area contributed by atoms with Crippen molar-refractivity contribution in [1.82, 2.24) is 5.32 Å². The lowest BCUT2D eigenvalue weighted by molar-refractivity contribution is -0.127. The van der Waals surface area contributed by atoms with E-state index in [2.05, 4.69) is 26.1 Å². The molecular formula is C16H24ClNO2S. The number of thioether (sulfide) groups is 1. The number of hydrogen-bond donors (Lipinski definition) is 1. The van der Waals surface area contributed by atoms with E-state index in [1.54, 1.807) is 19.1 Å². The summed E-state index contributed by atoms with van der Waals surface area (Å²) < 4.78 is 5.85. The monoisotopic (exact) mass is 329 g/mol. The van der Waals surface area contributed by atoms with Gasteiger partial charge in [0, 0.05) is 22.1 Å². The lowest BCUT2D eigenvalue weighted by Gasteiger charge is -2.18. The fraction of sp³-hybridized carbons (Fsp3) is 0.562. The minimum atomic E-state index is -0.523. The van der Waals surface area contributed by atoms with E-state index < -0.39 is 6.10 Å². The minimum absolute atomic E-state index is 0.0999. The molecule has 0 aromatic heterocycles. The molecule has 1 aromatic rings. The van der Waals surface area contributed by atoms with Crippen LogP contribution in [-0.2, 0) is 4.79 Å². The van der Waals surface area contributed by atoms with E-state index in [1.165, 1.54) is 0 Å². The average Bonchev–Trinajstić information content (AvgIpc) is 2.37. The summed E-state index contributed by atoms with van der Waals surface area (Å²) in [5, 5.41) is 3.58. The molecule has 0 radical (unpaired) electrons. The molecule has 1 atom stereocenters. The molecule has 0 aliphatic rings. The van der Waals surface area contributed by atoms with Gasteiger partial charge in [0.15, 0.2) is 6.10 Å². The van der Waals surface area contributed by atoms with Gasteiger partial charge in [-0.3, -0.25) is 4.79 Å². The molecule has 0 saturated carbocycles. The van der Waals surface area contributed by atoms with Gasteiger partial charge in [0.1, 0.15) is 5.75 Å². The molecule has 1 rings (SSSR count). The van der Waals surface area contributed by atoms with Gasteiger partial charge in [-0.05, 0) is 37.6 Å². The van der Waals surface area contributed by atoms with Gasteiger partial charge in [-0.2, -0.15) is 11.8 Å². The lowest BCUT2D eigenvalue weighted by atomic mass is 10.2. The van der Waals surface area contributed by atoms with Gasteiger partial charge in [0.25, 0.3) is 5.91 Å². The summed E-state index contributed by atoms with van der Waals surface area (Å²) in [6, 6.07) is 5.38. The Bertz CT molecular complexity index is 486. The Morgan fingerprint density at radius 1 is 1.43 bits per heavy atom. The first-order chi connectivity index (χ1) is 9.69. The van der Waals surface area contributed by atoms with Gasteiger partial charge in [0.2, 0.25) is 0 Å². The second kappa shape index (κ2) is 7.95. The van der Waals surface area contributed by atoms with Crippen molar-refractivity contribution in [3.63, 3.8) is 0 Å². The molecule has 118 valence electrons. The Hall–Kier alpha value is -0.870. The molecule has 0 fully saturated rings. The second-order valence-corrected chi connectivity index (χ2v) is 8.25. The first-order valence-corrected chi connectivity index (χ1v) is 8.40. The van der Waals surface area contributed by atoms with Crippen molar-refractivity contribution < 1.29 is 9.53 Å². The van der Waals surface area contributed by atoms with Crippen molar-refractivity contribution in [1.29, 1.82) is 0 Å². The zero-order chi connectivity index (χ0) is 16.0. The Morgan fingerprint density at radius 2 is 2.10 bits per heavy atom. The summed E-state index contributed by atoms with van der Waals surface area (Å²) >= 11 is 7.79. The molecule has 0 aliphatic carbocycles. The Balaban J connectivity index is 2.39. The summed E-state index contributed by atoms with van der Waals surface area (Å²) in [5.74, 6) is 1.45. The number of nitrogens with one attached hydrogen (secondary N) is 1. The van der Waals surface area contributed by atoms with Gasteiger partial charge in [-0.25, -0.2) is 0 Å². The number of carbonyl (C=O) groups is 1. The fourth-order valence-electron chi connectivity index (χ4n) is 1.62. The van der Waals surface area contributed by atoms with E-state index in [-0.39, 0.29) is 10.7 Å². The predicted molar refractivity (Wildman–Crippen MR) is 91.5 cm³/mol. The van der Waals surface area contributed by atoms with Crippen molar-refractivity contribution in [2.45, 2.75) is 45.5 Å². The standard InChI is InChI=1S/C16H24ClNO2S/c1-11-10-13(6-7-14(11)17)20-12(2)15(19)18-8-9-21-16(3,4)5/h6-7,10,12H,8-9H2,1-5H3,(H,18,19)/t12-/m0/s1. The molecule has 0 spiro atoms. The highest BCUT2D eigenvalue weighted by atomic mass is 35.5. The molecular weight excluding hydrogens is 306 g/mol. The van der Waals surface area contributed by atoms with Crippen molar-refractivity contribution in [2.24, 2.45) is 0 Å². The third-order valence-electron chi connectivity index (χ3n) is 2.75. The highest BCUT2D eigenvalue weighted by Gasteiger charge is 2.15. The van der Waals surface area contributed by atoms with Crippen LogP contribution in [0.3, 0.4) is 0 Å². The maximum Gasteiger partial charge on any atom is 0.260 e. The summed E-state index contributed by atoms with van der Waals surface area (Å²) in [6.45, 7) is 10.8. The molecule has 1 amide bonds. The summed E-state index contributed by atoms with van der Waals surface area (Å²) in [4.78, 5) is 12.0. The van der Waals surface area contributed by atoms with Crippen molar-refractivity contribution >= 4 is 29.3 Å². The molecule has 0 heterocycles. The van der Waals surface area contributed by atoms with Crippen LogP contribution in [0.15, 0.2) is 18.2 Å². The number of benzene rings is 1. The summed E-state index contributed by atoms with van der Waals surface area (Å²) in [6.07, 6.45) is -0.523. The van der Waals surface area contributed by atoms with Crippen LogP contribution in [0.1, 0.15) is 33.3 Å². The second-order valence-electron chi connectivity index (χ2n) is 5.92. The predicted octanol–water partition coefficient (Wildman–Crippen LogP) is 4.06. The van der Waals surface area contributed by atoms with Crippen molar-refractivity contribution in [3.05, 3.63) is 28.8 Å². The van der Waals surface area contributed by atoms with Crippen molar-refractivity contribution in [3.8, 4) is 5.75 Å². The molecule has 0 saturated heterocycles. The molecule has 5 heteroatoms. The van der Waals surface area contributed by atoms with Crippen molar-refractivity contribution in [2.75, 3.05) is 12.3 Å². The van der Waals surface area contributed by atoms with Crippen LogP contribution < -0.4 is 10.1 Å². The SMILES string of the molecule is Cc1cc(O[C@@H](C)C(=O)NCCSC(C)(C)C)ccc1Cl. The Kier molecular flexibility index (Phi) is 6.88. The lowest BCUT2D eigenvalue weighted by Crippen LogP contribution is -2.37. The maximum absolute atomic E-state index is 12.0. The molecule has 3 nitrogen and oxygen atoms in total. The maximum atomic E-state index is 12.0. The zero-order valence-electron chi connectivity index (χ0n) is 13.3. The van der Waals surface area contributed by atoms with Crippen LogP contribution in [0.5, 0.6) is 5.75 Å². The molecule has 21 heavy (non-hydrogen) atoms. The van der Waals surface area contributed by atoms with E-state index in [0.29, 0.717) is 17.3 Å². The van der Waals surface area contributed by atoms with Crippen LogP contribution in [-0.4, -0.2) is 29.1 Å². The number of hydrogen-bond acceptors (Lipinski definition) is 3. The topological polar surface area (TPSA) is 38.3 Å². The number of rotatable bonds is 6. The first kappa shape index (κ1) is 18.2. The summed E-state index contributed by atoms with van der Waals surface area (Å²) in [5.41, 5.74) is 0.934. The van der Waals surface area contributed by atoms with Crippen LogP contribution in [0.4, 0.5) is 0 Å². The fourth-order valence-corrected chi connectivity index (χ4v) is 2.56. The van der Waals surface area contributed by atoms with Crippen LogP contribution in [0.2, 0.25) is 5.02 Å². The van der Waals surface area contributed by atoms with Gasteiger partial charge >= 0.3 is 0 Å². The third-order valence-corrected chi connectivity index (χ3v) is 4.45. The quantitative estimate of drug-likeness (QED) is 0.800. The van der Waals surface area contributed by atoms with Gasteiger partial charge in [-0.15, -0.1) is 0 Å². The number of ether oxygens (including phenoxy) is 1. The van der Waals surface area contributed by atoms with Gasteiger partial charge in [0.05, 0.1) is 0 Å². The van der Waals surface area contributed by atoms with E-state index in [9.17, 15) is 4.79 Å². The Labute approximate surface area is 136 Å². The molecule has 0 aliphatic heterocycles. The van der Waals surface area contributed by atoms with Gasteiger partial charge in [-0.1, -0.05) is 32.4 Å². The number of halogens is 1. The highest BCUT2D eigenvalue weighted by molar-refractivity contribution is 8.00. The average molecular weight is 330 g/mol. The first-order valence-electron chi connectivity index (χ1n) is 7.03. The number of carbonyl (C=O) groups excluding carboxylic acids is 1. The third kappa shape index (κ3) is 7.09. The van der Waals surface area contributed by atoms with Crippen LogP contribution in [0, 0.1) is 6.92 Å².